The van der Waals surface area contributed by atoms with Crippen molar-refractivity contribution in [3.05, 3.63) is 64.4 Å². The molecule has 3 rings (SSSR count). The van der Waals surface area contributed by atoms with Crippen molar-refractivity contribution in [3.8, 4) is 0 Å². The van der Waals surface area contributed by atoms with Gasteiger partial charge in [0.1, 0.15) is 23.1 Å². The Hall–Kier alpha value is -2.67. The SMILES string of the molecule is CC(C)(C)OC(=O)N1CCc2cc(Cl)ccc2C1C(=O)N(F)c1ccccc1F. The zero-order valence-electron chi connectivity index (χ0n) is 16.3. The van der Waals surface area contributed by atoms with Crippen LogP contribution in [0.25, 0.3) is 0 Å². The van der Waals surface area contributed by atoms with E-state index in [9.17, 15) is 18.5 Å². The van der Waals surface area contributed by atoms with E-state index in [0.29, 0.717) is 17.0 Å². The van der Waals surface area contributed by atoms with E-state index in [1.165, 1.54) is 12.1 Å². The maximum Gasteiger partial charge on any atom is 0.411 e. The van der Waals surface area contributed by atoms with Crippen molar-refractivity contribution in [2.24, 2.45) is 0 Å². The molecule has 0 saturated heterocycles. The van der Waals surface area contributed by atoms with Gasteiger partial charge in [-0.15, -0.1) is 5.12 Å². The fraction of sp³-hybridized carbons (Fsp3) is 0.333. The summed E-state index contributed by atoms with van der Waals surface area (Å²) in [5.74, 6) is -1.98. The van der Waals surface area contributed by atoms with Gasteiger partial charge in [-0.3, -0.25) is 9.69 Å². The topological polar surface area (TPSA) is 49.9 Å². The van der Waals surface area contributed by atoms with Gasteiger partial charge in [-0.05, 0) is 62.6 Å². The minimum absolute atomic E-state index is 0.129. The third-order valence-corrected chi connectivity index (χ3v) is 4.69. The van der Waals surface area contributed by atoms with Gasteiger partial charge in [0.25, 0.3) is 5.91 Å². The van der Waals surface area contributed by atoms with Crippen LogP contribution in [0, 0.1) is 5.82 Å². The first-order valence-corrected chi connectivity index (χ1v) is 9.48. The standard InChI is InChI=1S/C21H21ClF2N2O3/c1-21(2,3)29-20(28)25-11-10-13-12-14(22)8-9-15(13)18(25)19(27)26(24)17-7-5-4-6-16(17)23/h4-9,12,18H,10-11H2,1-3H3. The lowest BCUT2D eigenvalue weighted by atomic mass is 9.92. The average Bonchev–Trinajstić information content (AvgIpc) is 2.64. The molecule has 154 valence electrons. The minimum Gasteiger partial charge on any atom is -0.444 e. The van der Waals surface area contributed by atoms with E-state index in [-0.39, 0.29) is 11.7 Å². The number of amides is 2. The Labute approximate surface area is 172 Å². The molecular formula is C21H21ClF2N2O3. The van der Waals surface area contributed by atoms with E-state index in [1.54, 1.807) is 39.0 Å². The van der Waals surface area contributed by atoms with Crippen LogP contribution >= 0.6 is 11.6 Å². The van der Waals surface area contributed by atoms with Crippen LogP contribution < -0.4 is 5.12 Å². The van der Waals surface area contributed by atoms with Crippen molar-refractivity contribution >= 4 is 29.3 Å². The molecule has 0 N–H and O–H groups in total. The molecule has 1 heterocycles. The monoisotopic (exact) mass is 422 g/mol. The Morgan fingerprint density at radius 2 is 1.90 bits per heavy atom. The number of rotatable bonds is 2. The highest BCUT2D eigenvalue weighted by Crippen LogP contribution is 2.35. The predicted octanol–water partition coefficient (Wildman–Crippen LogP) is 5.23. The molecule has 2 amide bonds. The first-order valence-electron chi connectivity index (χ1n) is 9.11. The van der Waals surface area contributed by atoms with Gasteiger partial charge in [0, 0.05) is 11.6 Å². The number of carbonyl (C=O) groups is 2. The lowest BCUT2D eigenvalue weighted by molar-refractivity contribution is -0.127. The predicted molar refractivity (Wildman–Crippen MR) is 106 cm³/mol. The zero-order valence-corrected chi connectivity index (χ0v) is 17.0. The highest BCUT2D eigenvalue weighted by atomic mass is 35.5. The van der Waals surface area contributed by atoms with Gasteiger partial charge in [-0.25, -0.2) is 9.18 Å². The molecule has 0 fully saturated rings. The second-order valence-corrected chi connectivity index (χ2v) is 8.18. The van der Waals surface area contributed by atoms with Crippen LogP contribution in [-0.2, 0) is 16.0 Å². The lowest BCUT2D eigenvalue weighted by Gasteiger charge is -2.37. The second-order valence-electron chi connectivity index (χ2n) is 7.74. The van der Waals surface area contributed by atoms with Crippen LogP contribution in [0.5, 0.6) is 0 Å². The fourth-order valence-electron chi connectivity index (χ4n) is 3.22. The summed E-state index contributed by atoms with van der Waals surface area (Å²) in [6, 6.07) is 8.51. The molecule has 0 radical (unpaired) electrons. The number of fused-ring (bicyclic) bond motifs is 1. The van der Waals surface area contributed by atoms with Crippen molar-refractivity contribution in [2.75, 3.05) is 11.7 Å². The molecule has 0 bridgehead atoms. The number of hydrogen-bond donors (Lipinski definition) is 0. The first-order chi connectivity index (χ1) is 13.6. The second kappa shape index (κ2) is 7.99. The number of anilines is 1. The van der Waals surface area contributed by atoms with Gasteiger partial charge >= 0.3 is 6.09 Å². The van der Waals surface area contributed by atoms with Crippen LogP contribution in [0.15, 0.2) is 42.5 Å². The summed E-state index contributed by atoms with van der Waals surface area (Å²) in [5, 5.41) is 0.202. The fourth-order valence-corrected chi connectivity index (χ4v) is 3.41. The number of ether oxygens (including phenoxy) is 1. The largest absolute Gasteiger partial charge is 0.444 e. The van der Waals surface area contributed by atoms with Crippen molar-refractivity contribution in [1.29, 1.82) is 0 Å². The molecule has 0 aromatic heterocycles. The summed E-state index contributed by atoms with van der Waals surface area (Å²) < 4.78 is 34.4. The van der Waals surface area contributed by atoms with Gasteiger partial charge in [-0.2, -0.15) is 0 Å². The molecule has 8 heteroatoms. The van der Waals surface area contributed by atoms with Gasteiger partial charge in [0.2, 0.25) is 0 Å². The molecule has 1 atom stereocenters. The Morgan fingerprint density at radius 1 is 1.21 bits per heavy atom. The zero-order chi connectivity index (χ0) is 21.3. The minimum atomic E-state index is -1.31. The van der Waals surface area contributed by atoms with Gasteiger partial charge in [-0.1, -0.05) is 34.3 Å². The summed E-state index contributed by atoms with van der Waals surface area (Å²) in [5.41, 5.74) is -0.179. The third-order valence-electron chi connectivity index (χ3n) is 4.45. The molecule has 1 aliphatic heterocycles. The summed E-state index contributed by atoms with van der Waals surface area (Å²) in [6.07, 6.45) is -0.330. The number of para-hydroxylation sites is 1. The average molecular weight is 423 g/mol. The molecule has 0 spiro atoms. The number of hydrogen-bond acceptors (Lipinski definition) is 3. The quantitative estimate of drug-likeness (QED) is 0.622. The van der Waals surface area contributed by atoms with E-state index in [0.717, 1.165) is 22.6 Å². The van der Waals surface area contributed by atoms with Crippen LogP contribution in [0.2, 0.25) is 5.02 Å². The Balaban J connectivity index is 2.02. The molecule has 2 aromatic carbocycles. The highest BCUT2D eigenvalue weighted by molar-refractivity contribution is 6.30. The Kier molecular flexibility index (Phi) is 5.80. The van der Waals surface area contributed by atoms with Crippen molar-refractivity contribution in [3.63, 3.8) is 0 Å². The van der Waals surface area contributed by atoms with E-state index in [2.05, 4.69) is 0 Å². The number of benzene rings is 2. The molecule has 0 aliphatic carbocycles. The number of nitrogens with zero attached hydrogens (tertiary/aromatic N) is 2. The van der Waals surface area contributed by atoms with Crippen molar-refractivity contribution < 1.29 is 23.2 Å². The summed E-state index contributed by atoms with van der Waals surface area (Å²) in [7, 11) is 0. The smallest absolute Gasteiger partial charge is 0.411 e. The van der Waals surface area contributed by atoms with Crippen LogP contribution in [0.1, 0.15) is 37.9 Å². The first kappa shape index (κ1) is 21.0. The molecule has 2 aromatic rings. The van der Waals surface area contributed by atoms with Crippen molar-refractivity contribution in [1.82, 2.24) is 4.90 Å². The molecule has 1 aliphatic rings. The highest BCUT2D eigenvalue weighted by Gasteiger charge is 2.41. The maximum atomic E-state index is 15.0. The molecular weight excluding hydrogens is 402 g/mol. The van der Waals surface area contributed by atoms with E-state index < -0.39 is 35.1 Å². The molecule has 5 nitrogen and oxygen atoms in total. The van der Waals surface area contributed by atoms with Crippen LogP contribution in [0.4, 0.5) is 19.4 Å². The molecule has 0 saturated carbocycles. The third kappa shape index (κ3) is 4.50. The van der Waals surface area contributed by atoms with Crippen LogP contribution in [-0.4, -0.2) is 29.0 Å². The Bertz CT molecular complexity index is 946. The lowest BCUT2D eigenvalue weighted by Crippen LogP contribution is -2.48. The van der Waals surface area contributed by atoms with Gasteiger partial charge in [0.05, 0.1) is 0 Å². The Morgan fingerprint density at radius 3 is 2.55 bits per heavy atom. The molecule has 29 heavy (non-hydrogen) atoms. The van der Waals surface area contributed by atoms with E-state index in [1.807, 2.05) is 0 Å². The number of halogens is 3. The van der Waals surface area contributed by atoms with Crippen molar-refractivity contribution in [2.45, 2.75) is 38.8 Å². The summed E-state index contributed by atoms with van der Waals surface area (Å²) in [4.78, 5) is 27.0. The molecule has 1 unspecified atom stereocenters. The van der Waals surface area contributed by atoms with Gasteiger partial charge in [0.15, 0.2) is 0 Å². The summed E-state index contributed by atoms with van der Waals surface area (Å²) in [6.45, 7) is 5.21. The van der Waals surface area contributed by atoms with E-state index >= 15 is 0 Å². The maximum absolute atomic E-state index is 15.0. The number of carbonyl (C=O) groups excluding carboxylic acids is 2. The van der Waals surface area contributed by atoms with Crippen LogP contribution in [0.3, 0.4) is 0 Å². The summed E-state index contributed by atoms with van der Waals surface area (Å²) >= 11 is 6.04. The van der Waals surface area contributed by atoms with Gasteiger partial charge < -0.3 is 4.74 Å². The normalized spacial score (nSPS) is 16.2. The van der Waals surface area contributed by atoms with E-state index in [4.69, 9.17) is 16.3 Å².